The molecule has 1 unspecified atom stereocenters. The monoisotopic (exact) mass is 399 g/mol. The molecule has 3 heterocycles. The number of rotatable bonds is 7. The van der Waals surface area contributed by atoms with Crippen LogP contribution in [0.25, 0.3) is 0 Å². The third-order valence-corrected chi connectivity index (χ3v) is 6.15. The molecule has 0 saturated carbocycles. The SMILES string of the molecule is Cl.O=C(CCCCCc1cccs1)N1CCCC(N2CCNCC2=O)C1. The molecule has 26 heavy (non-hydrogen) atoms. The number of thiophene rings is 1. The summed E-state index contributed by atoms with van der Waals surface area (Å²) in [6, 6.07) is 4.49. The van der Waals surface area contributed by atoms with Gasteiger partial charge in [0.05, 0.1) is 6.54 Å². The van der Waals surface area contributed by atoms with Gasteiger partial charge in [-0.15, -0.1) is 23.7 Å². The van der Waals surface area contributed by atoms with Crippen molar-refractivity contribution in [2.45, 2.75) is 51.0 Å². The Kier molecular flexibility index (Phi) is 8.88. The topological polar surface area (TPSA) is 52.7 Å². The van der Waals surface area contributed by atoms with Gasteiger partial charge in [0.25, 0.3) is 0 Å². The molecule has 0 radical (unpaired) electrons. The van der Waals surface area contributed by atoms with Crippen LogP contribution >= 0.6 is 23.7 Å². The van der Waals surface area contributed by atoms with Crippen molar-refractivity contribution >= 4 is 35.6 Å². The van der Waals surface area contributed by atoms with Crippen molar-refractivity contribution in [3.8, 4) is 0 Å². The number of piperidine rings is 1. The van der Waals surface area contributed by atoms with Gasteiger partial charge < -0.3 is 15.1 Å². The van der Waals surface area contributed by atoms with Crippen LogP contribution < -0.4 is 5.32 Å². The Balaban J connectivity index is 0.00000243. The van der Waals surface area contributed by atoms with E-state index in [1.54, 1.807) is 0 Å². The van der Waals surface area contributed by atoms with Gasteiger partial charge in [0, 0.05) is 43.5 Å². The largest absolute Gasteiger partial charge is 0.341 e. The van der Waals surface area contributed by atoms with Crippen LogP contribution in [0.1, 0.15) is 43.4 Å². The molecule has 146 valence electrons. The first-order valence-corrected chi connectivity index (χ1v) is 10.4. The Hall–Kier alpha value is -1.11. The second-order valence-corrected chi connectivity index (χ2v) is 8.07. The van der Waals surface area contributed by atoms with Gasteiger partial charge in [0.2, 0.25) is 11.8 Å². The van der Waals surface area contributed by atoms with Crippen LogP contribution in [0.2, 0.25) is 0 Å². The first-order chi connectivity index (χ1) is 12.2. The van der Waals surface area contributed by atoms with E-state index in [9.17, 15) is 9.59 Å². The van der Waals surface area contributed by atoms with Crippen molar-refractivity contribution in [1.82, 2.24) is 15.1 Å². The van der Waals surface area contributed by atoms with Crippen molar-refractivity contribution in [3.05, 3.63) is 22.4 Å². The highest BCUT2D eigenvalue weighted by Crippen LogP contribution is 2.19. The molecule has 7 heteroatoms. The van der Waals surface area contributed by atoms with E-state index in [0.717, 1.165) is 64.7 Å². The molecule has 2 fully saturated rings. The lowest BCUT2D eigenvalue weighted by atomic mass is 10.0. The highest BCUT2D eigenvalue weighted by Gasteiger charge is 2.31. The minimum Gasteiger partial charge on any atom is -0.341 e. The van der Waals surface area contributed by atoms with E-state index in [2.05, 4.69) is 22.8 Å². The predicted molar refractivity (Wildman–Crippen MR) is 108 cm³/mol. The molecule has 3 rings (SSSR count). The molecule has 2 aliphatic heterocycles. The molecule has 0 spiro atoms. The van der Waals surface area contributed by atoms with Crippen molar-refractivity contribution in [2.24, 2.45) is 0 Å². The second-order valence-electron chi connectivity index (χ2n) is 7.04. The van der Waals surface area contributed by atoms with Gasteiger partial charge in [-0.3, -0.25) is 9.59 Å². The van der Waals surface area contributed by atoms with Crippen molar-refractivity contribution in [2.75, 3.05) is 32.7 Å². The molecule has 2 aliphatic rings. The van der Waals surface area contributed by atoms with Crippen LogP contribution in [-0.2, 0) is 16.0 Å². The fourth-order valence-corrected chi connectivity index (χ4v) is 4.56. The summed E-state index contributed by atoms with van der Waals surface area (Å²) in [5, 5.41) is 5.24. The van der Waals surface area contributed by atoms with Gasteiger partial charge in [-0.1, -0.05) is 12.5 Å². The first-order valence-electron chi connectivity index (χ1n) is 9.54. The number of carbonyl (C=O) groups excluding carboxylic acids is 2. The van der Waals surface area contributed by atoms with Crippen LogP contribution in [0.4, 0.5) is 0 Å². The first kappa shape index (κ1) is 21.2. The van der Waals surface area contributed by atoms with Gasteiger partial charge in [-0.25, -0.2) is 0 Å². The summed E-state index contributed by atoms with van der Waals surface area (Å²) in [6.45, 7) is 3.65. The molecule has 2 saturated heterocycles. The molecule has 5 nitrogen and oxygen atoms in total. The Morgan fingerprint density at radius 1 is 1.27 bits per heavy atom. The third kappa shape index (κ3) is 5.96. The number of hydrogen-bond donors (Lipinski definition) is 1. The van der Waals surface area contributed by atoms with Crippen LogP contribution in [0.5, 0.6) is 0 Å². The third-order valence-electron chi connectivity index (χ3n) is 5.21. The summed E-state index contributed by atoms with van der Waals surface area (Å²) in [6.07, 6.45) is 7.04. The predicted octanol–water partition coefficient (Wildman–Crippen LogP) is 2.70. The molecule has 0 bridgehead atoms. The van der Waals surface area contributed by atoms with Crippen LogP contribution in [0.3, 0.4) is 0 Å². The molecule has 0 aliphatic carbocycles. The molecular formula is C19H30ClN3O2S. The van der Waals surface area contributed by atoms with Crippen molar-refractivity contribution in [3.63, 3.8) is 0 Å². The molecule has 1 atom stereocenters. The highest BCUT2D eigenvalue weighted by molar-refractivity contribution is 7.09. The maximum atomic E-state index is 12.5. The number of piperazine rings is 1. The average molecular weight is 400 g/mol. The fourth-order valence-electron chi connectivity index (χ4n) is 3.81. The number of unbranched alkanes of at least 4 members (excludes halogenated alkanes) is 2. The normalized spacial score (nSPS) is 20.8. The number of amides is 2. The minimum atomic E-state index is 0. The van der Waals surface area contributed by atoms with Gasteiger partial charge >= 0.3 is 0 Å². The van der Waals surface area contributed by atoms with E-state index in [1.807, 2.05) is 21.1 Å². The summed E-state index contributed by atoms with van der Waals surface area (Å²) < 4.78 is 0. The molecule has 1 aromatic heterocycles. The fraction of sp³-hybridized carbons (Fsp3) is 0.684. The number of likely N-dealkylation sites (tertiary alicyclic amines) is 1. The van der Waals surface area contributed by atoms with Gasteiger partial charge in [0.1, 0.15) is 0 Å². The number of carbonyl (C=O) groups is 2. The maximum Gasteiger partial charge on any atom is 0.236 e. The molecule has 1 aromatic rings. The molecule has 1 N–H and O–H groups in total. The van der Waals surface area contributed by atoms with Crippen LogP contribution in [0, 0.1) is 0 Å². The highest BCUT2D eigenvalue weighted by atomic mass is 35.5. The van der Waals surface area contributed by atoms with E-state index >= 15 is 0 Å². The minimum absolute atomic E-state index is 0. The van der Waals surface area contributed by atoms with Crippen LogP contribution in [0.15, 0.2) is 17.5 Å². The van der Waals surface area contributed by atoms with E-state index in [4.69, 9.17) is 0 Å². The smallest absolute Gasteiger partial charge is 0.236 e. The standard InChI is InChI=1S/C19H29N3O2S.ClH/c23-18(9-3-1-2-7-17-8-5-13-25-17)21-11-4-6-16(15-21)22-12-10-20-14-19(22)24;/h5,8,13,16,20H,1-4,6-7,9-12,14-15H2;1H. The number of halogens is 1. The molecule has 2 amide bonds. The van der Waals surface area contributed by atoms with Crippen LogP contribution in [-0.4, -0.2) is 60.4 Å². The summed E-state index contributed by atoms with van der Waals surface area (Å²) in [4.78, 5) is 30.0. The lowest BCUT2D eigenvalue weighted by molar-refractivity contribution is -0.140. The zero-order valence-electron chi connectivity index (χ0n) is 15.3. The number of aryl methyl sites for hydroxylation is 1. The van der Waals surface area contributed by atoms with Gasteiger partial charge in [0.15, 0.2) is 0 Å². The zero-order chi connectivity index (χ0) is 17.5. The number of nitrogens with one attached hydrogen (secondary N) is 1. The lowest BCUT2D eigenvalue weighted by Crippen LogP contribution is -2.57. The van der Waals surface area contributed by atoms with Crippen molar-refractivity contribution in [1.29, 1.82) is 0 Å². The van der Waals surface area contributed by atoms with Gasteiger partial charge in [-0.2, -0.15) is 0 Å². The van der Waals surface area contributed by atoms with Crippen molar-refractivity contribution < 1.29 is 9.59 Å². The zero-order valence-corrected chi connectivity index (χ0v) is 17.0. The van der Waals surface area contributed by atoms with E-state index in [1.165, 1.54) is 4.88 Å². The van der Waals surface area contributed by atoms with E-state index in [0.29, 0.717) is 13.0 Å². The Morgan fingerprint density at radius 2 is 2.15 bits per heavy atom. The van der Waals surface area contributed by atoms with E-state index < -0.39 is 0 Å². The summed E-state index contributed by atoms with van der Waals surface area (Å²) in [5.74, 6) is 0.447. The van der Waals surface area contributed by atoms with E-state index in [-0.39, 0.29) is 30.3 Å². The summed E-state index contributed by atoms with van der Waals surface area (Å²) >= 11 is 1.81. The van der Waals surface area contributed by atoms with Gasteiger partial charge in [-0.05, 0) is 43.6 Å². The number of hydrogen-bond acceptors (Lipinski definition) is 4. The second kappa shape index (κ2) is 10.9. The molecular weight excluding hydrogens is 370 g/mol. The lowest BCUT2D eigenvalue weighted by Gasteiger charge is -2.41. The quantitative estimate of drug-likeness (QED) is 0.717. The Labute approximate surface area is 166 Å². The summed E-state index contributed by atoms with van der Waals surface area (Å²) in [5.41, 5.74) is 0. The average Bonchev–Trinajstić information content (AvgIpc) is 3.15. The number of nitrogens with zero attached hydrogens (tertiary/aromatic N) is 2. The maximum absolute atomic E-state index is 12.5. The molecule has 0 aromatic carbocycles. The summed E-state index contributed by atoms with van der Waals surface area (Å²) in [7, 11) is 0. The Bertz CT molecular complexity index is 567. The Morgan fingerprint density at radius 3 is 2.92 bits per heavy atom.